The SMILES string of the molecule is CNCC1=C(C(C)C)CCC1. The van der Waals surface area contributed by atoms with Crippen LogP contribution in [-0.2, 0) is 0 Å². The van der Waals surface area contributed by atoms with Crippen LogP contribution in [0.4, 0.5) is 0 Å². The fourth-order valence-electron chi connectivity index (χ4n) is 1.94. The molecule has 0 bridgehead atoms. The maximum absolute atomic E-state index is 3.24. The van der Waals surface area contributed by atoms with Crippen molar-refractivity contribution >= 4 is 0 Å². The van der Waals surface area contributed by atoms with Crippen molar-refractivity contribution in [1.29, 1.82) is 0 Å². The Balaban J connectivity index is 2.61. The molecule has 0 heterocycles. The van der Waals surface area contributed by atoms with Gasteiger partial charge in [0.05, 0.1) is 0 Å². The summed E-state index contributed by atoms with van der Waals surface area (Å²) < 4.78 is 0. The van der Waals surface area contributed by atoms with Crippen molar-refractivity contribution in [3.63, 3.8) is 0 Å². The minimum absolute atomic E-state index is 0.765. The Hall–Kier alpha value is -0.300. The van der Waals surface area contributed by atoms with Crippen molar-refractivity contribution in [3.05, 3.63) is 11.1 Å². The number of rotatable bonds is 3. The Morgan fingerprint density at radius 3 is 2.64 bits per heavy atom. The second-order valence-electron chi connectivity index (χ2n) is 3.67. The van der Waals surface area contributed by atoms with E-state index in [9.17, 15) is 0 Å². The standard InChI is InChI=1S/C10H19N/c1-8(2)10-6-4-5-9(10)7-11-3/h8,11H,4-7H2,1-3H3. The summed E-state index contributed by atoms with van der Waals surface area (Å²) in [6.07, 6.45) is 4.05. The van der Waals surface area contributed by atoms with E-state index in [0.29, 0.717) is 0 Å². The fourth-order valence-corrected chi connectivity index (χ4v) is 1.94. The summed E-state index contributed by atoms with van der Waals surface area (Å²) in [4.78, 5) is 0. The molecule has 1 nitrogen and oxygen atoms in total. The highest BCUT2D eigenvalue weighted by Crippen LogP contribution is 2.30. The molecule has 0 saturated heterocycles. The van der Waals surface area contributed by atoms with E-state index in [2.05, 4.69) is 19.2 Å². The lowest BCUT2D eigenvalue weighted by Gasteiger charge is -2.09. The molecule has 1 N–H and O–H groups in total. The zero-order chi connectivity index (χ0) is 8.27. The first-order chi connectivity index (χ1) is 5.25. The number of hydrogen-bond acceptors (Lipinski definition) is 1. The molecule has 0 fully saturated rings. The maximum Gasteiger partial charge on any atom is 0.0164 e. The molecule has 0 radical (unpaired) electrons. The van der Waals surface area contributed by atoms with E-state index in [1.54, 1.807) is 11.1 Å². The summed E-state index contributed by atoms with van der Waals surface area (Å²) in [7, 11) is 2.03. The molecule has 1 heteroatoms. The Bertz CT molecular complexity index is 156. The van der Waals surface area contributed by atoms with E-state index >= 15 is 0 Å². The summed E-state index contributed by atoms with van der Waals surface area (Å²) in [5.41, 5.74) is 3.38. The summed E-state index contributed by atoms with van der Waals surface area (Å²) >= 11 is 0. The number of likely N-dealkylation sites (N-methyl/N-ethyl adjacent to an activating group) is 1. The van der Waals surface area contributed by atoms with Crippen molar-refractivity contribution in [1.82, 2.24) is 5.32 Å². The molecular weight excluding hydrogens is 134 g/mol. The highest BCUT2D eigenvalue weighted by molar-refractivity contribution is 5.22. The monoisotopic (exact) mass is 153 g/mol. The van der Waals surface area contributed by atoms with Crippen LogP contribution in [-0.4, -0.2) is 13.6 Å². The third-order valence-electron chi connectivity index (χ3n) is 2.47. The highest BCUT2D eigenvalue weighted by atomic mass is 14.8. The van der Waals surface area contributed by atoms with E-state index in [1.807, 2.05) is 7.05 Å². The van der Waals surface area contributed by atoms with Crippen molar-refractivity contribution in [2.24, 2.45) is 5.92 Å². The average Bonchev–Trinajstić information content (AvgIpc) is 2.36. The van der Waals surface area contributed by atoms with Gasteiger partial charge in [0.25, 0.3) is 0 Å². The van der Waals surface area contributed by atoms with Gasteiger partial charge in [0.1, 0.15) is 0 Å². The van der Waals surface area contributed by atoms with Crippen molar-refractivity contribution in [3.8, 4) is 0 Å². The zero-order valence-corrected chi connectivity index (χ0v) is 7.91. The molecular formula is C10H19N. The fraction of sp³-hybridized carbons (Fsp3) is 0.800. The van der Waals surface area contributed by atoms with Crippen LogP contribution in [0.2, 0.25) is 0 Å². The molecule has 0 atom stereocenters. The van der Waals surface area contributed by atoms with Gasteiger partial charge >= 0.3 is 0 Å². The van der Waals surface area contributed by atoms with Crippen LogP contribution >= 0.6 is 0 Å². The Kier molecular flexibility index (Phi) is 3.13. The topological polar surface area (TPSA) is 12.0 Å². The van der Waals surface area contributed by atoms with E-state index in [4.69, 9.17) is 0 Å². The van der Waals surface area contributed by atoms with Gasteiger partial charge < -0.3 is 5.32 Å². The predicted molar refractivity (Wildman–Crippen MR) is 49.6 cm³/mol. The van der Waals surface area contributed by atoms with Gasteiger partial charge in [-0.15, -0.1) is 0 Å². The Morgan fingerprint density at radius 2 is 2.09 bits per heavy atom. The maximum atomic E-state index is 3.24. The second-order valence-corrected chi connectivity index (χ2v) is 3.67. The highest BCUT2D eigenvalue weighted by Gasteiger charge is 2.15. The first-order valence-corrected chi connectivity index (χ1v) is 4.61. The summed E-state index contributed by atoms with van der Waals surface area (Å²) in [6, 6.07) is 0. The quantitative estimate of drug-likeness (QED) is 0.614. The van der Waals surface area contributed by atoms with Crippen molar-refractivity contribution in [2.75, 3.05) is 13.6 Å². The van der Waals surface area contributed by atoms with Crippen LogP contribution in [0.3, 0.4) is 0 Å². The molecule has 0 aromatic carbocycles. The molecule has 1 aliphatic rings. The zero-order valence-electron chi connectivity index (χ0n) is 7.91. The lowest BCUT2D eigenvalue weighted by Crippen LogP contribution is -2.11. The Morgan fingerprint density at radius 1 is 1.36 bits per heavy atom. The van der Waals surface area contributed by atoms with E-state index in [0.717, 1.165) is 12.5 Å². The van der Waals surface area contributed by atoms with Gasteiger partial charge in [-0.25, -0.2) is 0 Å². The molecule has 0 aliphatic heterocycles. The third-order valence-corrected chi connectivity index (χ3v) is 2.47. The van der Waals surface area contributed by atoms with Gasteiger partial charge in [-0.05, 0) is 32.2 Å². The first-order valence-electron chi connectivity index (χ1n) is 4.61. The normalized spacial score (nSPS) is 18.5. The first kappa shape index (κ1) is 8.79. The van der Waals surface area contributed by atoms with Crippen LogP contribution in [0.5, 0.6) is 0 Å². The van der Waals surface area contributed by atoms with E-state index in [-0.39, 0.29) is 0 Å². The van der Waals surface area contributed by atoms with Gasteiger partial charge in [-0.3, -0.25) is 0 Å². The third kappa shape index (κ3) is 2.06. The molecule has 0 aromatic rings. The Labute approximate surface area is 69.9 Å². The summed E-state index contributed by atoms with van der Waals surface area (Å²) in [5, 5.41) is 3.24. The predicted octanol–water partition coefficient (Wildman–Crippen LogP) is 2.34. The van der Waals surface area contributed by atoms with Crippen molar-refractivity contribution < 1.29 is 0 Å². The molecule has 0 unspecified atom stereocenters. The van der Waals surface area contributed by atoms with Crippen molar-refractivity contribution in [2.45, 2.75) is 33.1 Å². The average molecular weight is 153 g/mol. The van der Waals surface area contributed by atoms with Crippen LogP contribution < -0.4 is 5.32 Å². The van der Waals surface area contributed by atoms with Gasteiger partial charge in [0.2, 0.25) is 0 Å². The lowest BCUT2D eigenvalue weighted by molar-refractivity contribution is 0.720. The van der Waals surface area contributed by atoms with Crippen LogP contribution in [0.15, 0.2) is 11.1 Å². The molecule has 0 saturated carbocycles. The smallest absolute Gasteiger partial charge is 0.0164 e. The molecule has 64 valence electrons. The summed E-state index contributed by atoms with van der Waals surface area (Å²) in [6.45, 7) is 5.71. The molecule has 11 heavy (non-hydrogen) atoms. The van der Waals surface area contributed by atoms with Gasteiger partial charge in [0.15, 0.2) is 0 Å². The number of allylic oxidation sites excluding steroid dienone is 1. The van der Waals surface area contributed by atoms with Crippen LogP contribution in [0, 0.1) is 5.92 Å². The number of hydrogen-bond donors (Lipinski definition) is 1. The molecule has 0 amide bonds. The lowest BCUT2D eigenvalue weighted by atomic mass is 9.99. The molecule has 1 rings (SSSR count). The second kappa shape index (κ2) is 3.91. The minimum atomic E-state index is 0.765. The van der Waals surface area contributed by atoms with Gasteiger partial charge in [0, 0.05) is 6.54 Å². The van der Waals surface area contributed by atoms with E-state index < -0.39 is 0 Å². The molecule has 1 aliphatic carbocycles. The van der Waals surface area contributed by atoms with E-state index in [1.165, 1.54) is 19.3 Å². The minimum Gasteiger partial charge on any atom is -0.316 e. The van der Waals surface area contributed by atoms with Gasteiger partial charge in [-0.1, -0.05) is 25.0 Å². The molecule has 0 spiro atoms. The largest absolute Gasteiger partial charge is 0.316 e. The van der Waals surface area contributed by atoms with Crippen LogP contribution in [0.25, 0.3) is 0 Å². The van der Waals surface area contributed by atoms with Crippen LogP contribution in [0.1, 0.15) is 33.1 Å². The summed E-state index contributed by atoms with van der Waals surface area (Å²) in [5.74, 6) is 0.765. The van der Waals surface area contributed by atoms with Gasteiger partial charge in [-0.2, -0.15) is 0 Å². The molecule has 0 aromatic heterocycles. The number of nitrogens with one attached hydrogen (secondary N) is 1.